The summed E-state index contributed by atoms with van der Waals surface area (Å²) in [5.74, 6) is -2.05. The lowest BCUT2D eigenvalue weighted by Gasteiger charge is -2.11. The zero-order chi connectivity index (χ0) is 11.9. The molecule has 0 aromatic heterocycles. The zero-order valence-corrected chi connectivity index (χ0v) is 9.29. The van der Waals surface area contributed by atoms with E-state index in [1.807, 2.05) is 0 Å². The lowest BCUT2D eigenvalue weighted by molar-refractivity contribution is -0.137. The Kier molecular flexibility index (Phi) is 2.68. The van der Waals surface area contributed by atoms with E-state index >= 15 is 0 Å². The summed E-state index contributed by atoms with van der Waals surface area (Å²) in [7, 11) is 1.39. The molecule has 84 valence electrons. The third kappa shape index (κ3) is 1.59. The van der Waals surface area contributed by atoms with Crippen molar-refractivity contribution in [1.82, 2.24) is 4.90 Å². The molecule has 2 amide bonds. The number of hydrogen-bond donors (Lipinski definition) is 0. The lowest BCUT2D eigenvalue weighted by atomic mass is 9.97. The van der Waals surface area contributed by atoms with Gasteiger partial charge in [0, 0.05) is 24.1 Å². The fourth-order valence-corrected chi connectivity index (χ4v) is 2.12. The van der Waals surface area contributed by atoms with Crippen LogP contribution in [0, 0.1) is 5.82 Å². The van der Waals surface area contributed by atoms with Crippen molar-refractivity contribution in [2.24, 2.45) is 0 Å². The first-order valence-electron chi connectivity index (χ1n) is 4.76. The van der Waals surface area contributed by atoms with Gasteiger partial charge in [0.25, 0.3) is 0 Å². The number of benzene rings is 1. The van der Waals surface area contributed by atoms with Crippen LogP contribution in [0.1, 0.15) is 17.9 Å². The van der Waals surface area contributed by atoms with Crippen molar-refractivity contribution in [1.29, 1.82) is 0 Å². The largest absolute Gasteiger partial charge is 0.285 e. The molecule has 0 aliphatic carbocycles. The van der Waals surface area contributed by atoms with Crippen LogP contribution in [-0.4, -0.2) is 23.8 Å². The summed E-state index contributed by atoms with van der Waals surface area (Å²) in [5, 5.41) is 0.182. The summed E-state index contributed by atoms with van der Waals surface area (Å²) in [5.41, 5.74) is 0.117. The van der Waals surface area contributed by atoms with Crippen molar-refractivity contribution in [2.45, 2.75) is 12.3 Å². The maximum absolute atomic E-state index is 13.6. The molecule has 1 aliphatic heterocycles. The predicted octanol–water partition coefficient (Wildman–Crippen LogP) is 1.95. The van der Waals surface area contributed by atoms with Crippen molar-refractivity contribution in [2.75, 3.05) is 7.05 Å². The van der Waals surface area contributed by atoms with E-state index < -0.39 is 17.6 Å². The SMILES string of the molecule is CN1C(=O)CC(c2c(F)cccc2Cl)C1=O. The Bertz CT molecular complexity index is 455. The van der Waals surface area contributed by atoms with Crippen LogP contribution < -0.4 is 0 Å². The number of likely N-dealkylation sites (tertiary alicyclic amines) is 1. The molecule has 0 spiro atoms. The van der Waals surface area contributed by atoms with E-state index in [1.54, 1.807) is 0 Å². The van der Waals surface area contributed by atoms with Gasteiger partial charge >= 0.3 is 0 Å². The van der Waals surface area contributed by atoms with Gasteiger partial charge in [-0.1, -0.05) is 17.7 Å². The van der Waals surface area contributed by atoms with Gasteiger partial charge in [-0.15, -0.1) is 0 Å². The van der Waals surface area contributed by atoms with Gasteiger partial charge in [0.05, 0.1) is 5.92 Å². The maximum atomic E-state index is 13.6. The van der Waals surface area contributed by atoms with Crippen LogP contribution in [0.2, 0.25) is 5.02 Å². The van der Waals surface area contributed by atoms with Crippen LogP contribution in [0.25, 0.3) is 0 Å². The number of amides is 2. The van der Waals surface area contributed by atoms with E-state index in [2.05, 4.69) is 0 Å². The van der Waals surface area contributed by atoms with Gasteiger partial charge in [0.2, 0.25) is 11.8 Å². The number of hydrogen-bond acceptors (Lipinski definition) is 2. The maximum Gasteiger partial charge on any atom is 0.237 e. The minimum Gasteiger partial charge on any atom is -0.285 e. The Morgan fingerprint density at radius 3 is 2.62 bits per heavy atom. The molecule has 1 saturated heterocycles. The van der Waals surface area contributed by atoms with Crippen LogP contribution in [0.4, 0.5) is 4.39 Å². The Balaban J connectivity index is 2.47. The lowest BCUT2D eigenvalue weighted by Crippen LogP contribution is -2.25. The summed E-state index contributed by atoms with van der Waals surface area (Å²) in [6.45, 7) is 0. The molecule has 2 rings (SSSR count). The highest BCUT2D eigenvalue weighted by Crippen LogP contribution is 2.34. The second kappa shape index (κ2) is 3.87. The average molecular weight is 242 g/mol. The van der Waals surface area contributed by atoms with E-state index in [0.717, 1.165) is 4.90 Å². The number of halogens is 2. The van der Waals surface area contributed by atoms with E-state index in [9.17, 15) is 14.0 Å². The van der Waals surface area contributed by atoms with Gasteiger partial charge in [0.1, 0.15) is 5.82 Å². The molecule has 1 unspecified atom stereocenters. The Morgan fingerprint density at radius 2 is 2.12 bits per heavy atom. The molecule has 1 atom stereocenters. The van der Waals surface area contributed by atoms with E-state index in [1.165, 1.54) is 25.2 Å². The van der Waals surface area contributed by atoms with Gasteiger partial charge < -0.3 is 0 Å². The van der Waals surface area contributed by atoms with Crippen molar-refractivity contribution in [3.8, 4) is 0 Å². The molecule has 1 heterocycles. The van der Waals surface area contributed by atoms with Crippen LogP contribution >= 0.6 is 11.6 Å². The average Bonchev–Trinajstić information content (AvgIpc) is 2.47. The third-order valence-electron chi connectivity index (χ3n) is 2.73. The summed E-state index contributed by atoms with van der Waals surface area (Å²) in [6, 6.07) is 4.21. The smallest absolute Gasteiger partial charge is 0.237 e. The number of nitrogens with zero attached hydrogens (tertiary/aromatic N) is 1. The first-order valence-corrected chi connectivity index (χ1v) is 5.14. The van der Waals surface area contributed by atoms with E-state index in [4.69, 9.17) is 11.6 Å². The van der Waals surface area contributed by atoms with Crippen LogP contribution in [0.5, 0.6) is 0 Å². The highest BCUT2D eigenvalue weighted by molar-refractivity contribution is 6.31. The molecule has 0 radical (unpaired) electrons. The minimum atomic E-state index is -0.786. The van der Waals surface area contributed by atoms with E-state index in [-0.39, 0.29) is 22.9 Å². The van der Waals surface area contributed by atoms with Crippen LogP contribution in [0.15, 0.2) is 18.2 Å². The molecule has 0 bridgehead atoms. The molecule has 1 fully saturated rings. The number of carbonyl (C=O) groups excluding carboxylic acids is 2. The second-order valence-corrected chi connectivity index (χ2v) is 4.09. The monoisotopic (exact) mass is 241 g/mol. The zero-order valence-electron chi connectivity index (χ0n) is 8.54. The fraction of sp³-hybridized carbons (Fsp3) is 0.273. The van der Waals surface area contributed by atoms with Gasteiger partial charge in [-0.05, 0) is 12.1 Å². The first-order chi connectivity index (χ1) is 7.52. The molecule has 0 saturated carbocycles. The quantitative estimate of drug-likeness (QED) is 0.705. The van der Waals surface area contributed by atoms with Crippen LogP contribution in [0.3, 0.4) is 0 Å². The molecular weight excluding hydrogens is 233 g/mol. The molecule has 0 N–H and O–H groups in total. The highest BCUT2D eigenvalue weighted by atomic mass is 35.5. The Labute approximate surface area is 96.8 Å². The topological polar surface area (TPSA) is 37.4 Å². The molecular formula is C11H9ClFNO2. The molecule has 16 heavy (non-hydrogen) atoms. The molecule has 1 aliphatic rings. The molecule has 1 aromatic rings. The summed E-state index contributed by atoms with van der Waals surface area (Å²) in [6.07, 6.45) is -0.0179. The molecule has 3 nitrogen and oxygen atoms in total. The number of imide groups is 1. The summed E-state index contributed by atoms with van der Waals surface area (Å²) >= 11 is 5.85. The van der Waals surface area contributed by atoms with Crippen molar-refractivity contribution >= 4 is 23.4 Å². The summed E-state index contributed by atoms with van der Waals surface area (Å²) < 4.78 is 13.6. The predicted molar refractivity (Wildman–Crippen MR) is 56.5 cm³/mol. The molecule has 5 heteroatoms. The van der Waals surface area contributed by atoms with Gasteiger partial charge in [-0.2, -0.15) is 0 Å². The van der Waals surface area contributed by atoms with Crippen LogP contribution in [-0.2, 0) is 9.59 Å². The van der Waals surface area contributed by atoms with Gasteiger partial charge in [-0.25, -0.2) is 4.39 Å². The normalized spacial score (nSPS) is 20.7. The van der Waals surface area contributed by atoms with Gasteiger partial charge in [-0.3, -0.25) is 14.5 Å². The molecule has 1 aromatic carbocycles. The fourth-order valence-electron chi connectivity index (χ4n) is 1.82. The first kappa shape index (κ1) is 11.1. The van der Waals surface area contributed by atoms with E-state index in [0.29, 0.717) is 0 Å². The van der Waals surface area contributed by atoms with Crippen molar-refractivity contribution in [3.05, 3.63) is 34.6 Å². The highest BCUT2D eigenvalue weighted by Gasteiger charge is 2.39. The second-order valence-electron chi connectivity index (χ2n) is 3.68. The Hall–Kier alpha value is -1.42. The standard InChI is InChI=1S/C11H9ClFNO2/c1-14-9(15)5-6(11(14)16)10-7(12)3-2-4-8(10)13/h2-4,6H,5H2,1H3. The number of carbonyl (C=O) groups is 2. The summed E-state index contributed by atoms with van der Waals surface area (Å²) in [4.78, 5) is 24.0. The third-order valence-corrected chi connectivity index (χ3v) is 3.06. The van der Waals surface area contributed by atoms with Gasteiger partial charge in [0.15, 0.2) is 0 Å². The minimum absolute atomic E-state index is 0.0179. The van der Waals surface area contributed by atoms with Crippen molar-refractivity contribution < 1.29 is 14.0 Å². The van der Waals surface area contributed by atoms with Crippen molar-refractivity contribution in [3.63, 3.8) is 0 Å². The number of likely N-dealkylation sites (N-methyl/N-ethyl adjacent to an activating group) is 1. The Morgan fingerprint density at radius 1 is 1.44 bits per heavy atom. The number of rotatable bonds is 1.